The summed E-state index contributed by atoms with van der Waals surface area (Å²) >= 11 is 0. The summed E-state index contributed by atoms with van der Waals surface area (Å²) in [6, 6.07) is 15.8. The molecule has 0 radical (unpaired) electrons. The van der Waals surface area contributed by atoms with Crippen molar-refractivity contribution in [1.82, 2.24) is 0 Å². The molecule has 2 aromatic carbocycles. The van der Waals surface area contributed by atoms with Gasteiger partial charge < -0.3 is 23.0 Å². The number of rotatable bonds is 5. The van der Waals surface area contributed by atoms with E-state index < -0.39 is 13.5 Å². The van der Waals surface area contributed by atoms with Gasteiger partial charge in [-0.3, -0.25) is 0 Å². The molecule has 1 N–H and O–H groups in total. The lowest BCUT2D eigenvalue weighted by atomic mass is 9.95. The number of hydrogen-bond donors (Lipinski definition) is 1. The van der Waals surface area contributed by atoms with Crippen molar-refractivity contribution in [2.75, 3.05) is 11.8 Å². The molecule has 0 bridgehead atoms. The third kappa shape index (κ3) is 4.58. The normalized spacial score (nSPS) is 11.1. The molecule has 0 heterocycles. The van der Waals surface area contributed by atoms with Gasteiger partial charge in [0.1, 0.15) is 5.75 Å². The van der Waals surface area contributed by atoms with Crippen molar-refractivity contribution in [1.29, 1.82) is 0 Å². The molecule has 19 heavy (non-hydrogen) atoms. The van der Waals surface area contributed by atoms with Gasteiger partial charge in [-0.25, -0.2) is 0 Å². The van der Waals surface area contributed by atoms with E-state index in [0.29, 0.717) is 0 Å². The average Bonchev–Trinajstić information content (AvgIpc) is 2.38. The minimum Gasteiger partial charge on any atom is -0.522 e. The van der Waals surface area contributed by atoms with Gasteiger partial charge in [-0.1, -0.05) is 18.2 Å². The Morgan fingerprint density at radius 2 is 1.42 bits per heavy atom. The van der Waals surface area contributed by atoms with Crippen molar-refractivity contribution in [3.63, 3.8) is 0 Å². The maximum Gasteiger partial charge on any atom is 0.515 e. The van der Waals surface area contributed by atoms with E-state index in [0.717, 1.165) is 11.4 Å². The largest absolute Gasteiger partial charge is 0.522 e. The molecule has 0 aliphatic rings. The molecule has 2 rings (SSSR count). The number of nitrogens with one attached hydrogen (secondary N) is 1. The topological polar surface area (TPSA) is 21.3 Å². The number of hydrogen-bond acceptors (Lipinski definition) is 2. The highest BCUT2D eigenvalue weighted by atomic mass is 19.4. The first-order valence-corrected chi connectivity index (χ1v) is 5.79. The highest BCUT2D eigenvalue weighted by Crippen LogP contribution is 2.20. The Hall–Kier alpha value is -2.11. The maximum absolute atomic E-state index is 12.0. The van der Waals surface area contributed by atoms with Crippen molar-refractivity contribution >= 4 is 18.4 Å². The van der Waals surface area contributed by atoms with E-state index in [9.17, 15) is 12.9 Å². The minimum absolute atomic E-state index is 0.206. The summed E-state index contributed by atoms with van der Waals surface area (Å²) in [5, 5.41) is 3.13. The summed E-state index contributed by atoms with van der Waals surface area (Å²) < 4.78 is 40.8. The molecule has 0 aromatic heterocycles. The van der Waals surface area contributed by atoms with Gasteiger partial charge in [-0.2, -0.15) is 0 Å². The molecule has 0 aliphatic carbocycles. The van der Waals surface area contributed by atoms with Crippen LogP contribution in [0.15, 0.2) is 54.6 Å². The van der Waals surface area contributed by atoms with E-state index in [2.05, 4.69) is 10.1 Å². The first-order valence-electron chi connectivity index (χ1n) is 5.79. The molecule has 0 spiro atoms. The van der Waals surface area contributed by atoms with Gasteiger partial charge in [0, 0.05) is 11.4 Å². The van der Waals surface area contributed by atoms with Crippen molar-refractivity contribution in [2.24, 2.45) is 0 Å². The van der Waals surface area contributed by atoms with Crippen molar-refractivity contribution in [3.05, 3.63) is 54.6 Å². The lowest BCUT2D eigenvalue weighted by molar-refractivity contribution is 0.313. The Labute approximate surface area is 109 Å². The highest BCUT2D eigenvalue weighted by Gasteiger charge is 2.24. The van der Waals surface area contributed by atoms with E-state index in [1.807, 2.05) is 30.3 Å². The molecule has 0 atom stereocenters. The second-order valence-electron chi connectivity index (χ2n) is 4.04. The first-order chi connectivity index (χ1) is 9.03. The standard InChI is InChI=1S/C13H12BF3NO/c15-14(16,17)10-19-13-8-6-12(7-9-13)18-11-4-2-1-3-5-11/h1-9,18H,10H2/q-1. The van der Waals surface area contributed by atoms with Gasteiger partial charge in [-0.15, -0.1) is 0 Å². The molecule has 0 saturated carbocycles. The third-order valence-electron chi connectivity index (χ3n) is 2.36. The van der Waals surface area contributed by atoms with E-state index in [4.69, 9.17) is 0 Å². The fourth-order valence-corrected chi connectivity index (χ4v) is 1.51. The molecule has 0 saturated heterocycles. The lowest BCUT2D eigenvalue weighted by Crippen LogP contribution is -2.26. The molecule has 0 fully saturated rings. The van der Waals surface area contributed by atoms with Crippen LogP contribution in [0, 0.1) is 0 Å². The summed E-state index contributed by atoms with van der Waals surface area (Å²) in [5.41, 5.74) is 1.70. The number of para-hydroxylation sites is 1. The van der Waals surface area contributed by atoms with E-state index >= 15 is 0 Å². The monoisotopic (exact) mass is 266 g/mol. The van der Waals surface area contributed by atoms with Crippen LogP contribution in [0.4, 0.5) is 24.3 Å². The molecule has 6 heteroatoms. The van der Waals surface area contributed by atoms with Gasteiger partial charge in [0.15, 0.2) is 0 Å². The van der Waals surface area contributed by atoms with Gasteiger partial charge in [0.05, 0.1) is 6.51 Å². The van der Waals surface area contributed by atoms with Crippen LogP contribution < -0.4 is 10.1 Å². The van der Waals surface area contributed by atoms with Crippen molar-refractivity contribution < 1.29 is 17.7 Å². The lowest BCUT2D eigenvalue weighted by Gasteiger charge is -2.15. The van der Waals surface area contributed by atoms with Crippen LogP contribution in [0.3, 0.4) is 0 Å². The molecule has 0 unspecified atom stereocenters. The van der Waals surface area contributed by atoms with Crippen LogP contribution in [0.5, 0.6) is 5.75 Å². The Morgan fingerprint density at radius 3 is 2.00 bits per heavy atom. The van der Waals surface area contributed by atoms with Crippen LogP contribution in [0.2, 0.25) is 0 Å². The van der Waals surface area contributed by atoms with Crippen LogP contribution >= 0.6 is 0 Å². The summed E-state index contributed by atoms with van der Waals surface area (Å²) in [7, 11) is 0. The zero-order chi connectivity index (χ0) is 13.7. The third-order valence-corrected chi connectivity index (χ3v) is 2.36. The van der Waals surface area contributed by atoms with Crippen molar-refractivity contribution in [2.45, 2.75) is 0 Å². The van der Waals surface area contributed by atoms with Gasteiger partial charge in [0.25, 0.3) is 0 Å². The molecule has 0 amide bonds. The van der Waals surface area contributed by atoms with Crippen molar-refractivity contribution in [3.8, 4) is 5.75 Å². The molecule has 2 aromatic rings. The fourth-order valence-electron chi connectivity index (χ4n) is 1.51. The summed E-state index contributed by atoms with van der Waals surface area (Å²) in [4.78, 5) is 0. The van der Waals surface area contributed by atoms with Crippen LogP contribution in [-0.4, -0.2) is 13.5 Å². The predicted molar refractivity (Wildman–Crippen MR) is 70.7 cm³/mol. The molecule has 100 valence electrons. The predicted octanol–water partition coefficient (Wildman–Crippen LogP) is 4.20. The number of anilines is 2. The van der Waals surface area contributed by atoms with Gasteiger partial charge >= 0.3 is 6.98 Å². The molecule has 2 nitrogen and oxygen atoms in total. The summed E-state index contributed by atoms with van der Waals surface area (Å²) in [6.07, 6.45) is 0. The molecule has 0 aliphatic heterocycles. The zero-order valence-corrected chi connectivity index (χ0v) is 10.0. The first kappa shape index (κ1) is 13.3. The van der Waals surface area contributed by atoms with Crippen LogP contribution in [-0.2, 0) is 0 Å². The van der Waals surface area contributed by atoms with Crippen LogP contribution in [0.1, 0.15) is 0 Å². The minimum atomic E-state index is -4.92. The zero-order valence-electron chi connectivity index (χ0n) is 10.0. The number of ether oxygens (including phenoxy) is 1. The average molecular weight is 266 g/mol. The summed E-state index contributed by atoms with van der Waals surface area (Å²) in [5.74, 6) is 0.206. The van der Waals surface area contributed by atoms with Gasteiger partial charge in [0.2, 0.25) is 0 Å². The van der Waals surface area contributed by atoms with E-state index in [1.165, 1.54) is 12.1 Å². The highest BCUT2D eigenvalue weighted by molar-refractivity contribution is 6.58. The Balaban J connectivity index is 1.95. The number of benzene rings is 2. The van der Waals surface area contributed by atoms with Crippen LogP contribution in [0.25, 0.3) is 0 Å². The molecular weight excluding hydrogens is 254 g/mol. The maximum atomic E-state index is 12.0. The second kappa shape index (κ2) is 5.69. The molecular formula is C13H12BF3NO-. The smallest absolute Gasteiger partial charge is 0.515 e. The number of halogens is 3. The SMILES string of the molecule is F[B-](F)(F)COc1ccc(Nc2ccccc2)cc1. The Kier molecular flexibility index (Phi) is 3.99. The quantitative estimate of drug-likeness (QED) is 0.819. The van der Waals surface area contributed by atoms with E-state index in [-0.39, 0.29) is 5.75 Å². The summed E-state index contributed by atoms with van der Waals surface area (Å²) in [6.45, 7) is -6.14. The van der Waals surface area contributed by atoms with E-state index in [1.54, 1.807) is 12.1 Å². The van der Waals surface area contributed by atoms with Gasteiger partial charge in [-0.05, 0) is 36.4 Å². The Bertz CT molecular complexity index is 514. The second-order valence-corrected chi connectivity index (χ2v) is 4.04. The fraction of sp³-hybridized carbons (Fsp3) is 0.0769. The Morgan fingerprint density at radius 1 is 0.842 bits per heavy atom.